The maximum atomic E-state index is 3.97. The van der Waals surface area contributed by atoms with Crippen molar-refractivity contribution < 1.29 is 0 Å². The number of aromatic amines is 1. The molecule has 0 saturated carbocycles. The van der Waals surface area contributed by atoms with Crippen LogP contribution >= 0.6 is 27.3 Å². The molecule has 7 heteroatoms. The van der Waals surface area contributed by atoms with E-state index in [0.29, 0.717) is 5.82 Å². The van der Waals surface area contributed by atoms with Crippen molar-refractivity contribution in [2.75, 3.05) is 5.32 Å². The zero-order valence-corrected chi connectivity index (χ0v) is 12.2. The number of hydrogen-bond donors (Lipinski definition) is 2. The predicted octanol–water partition coefficient (Wildman–Crippen LogP) is 3.30. The van der Waals surface area contributed by atoms with Gasteiger partial charge in [-0.15, -0.1) is 21.5 Å². The van der Waals surface area contributed by atoms with Gasteiger partial charge in [-0.05, 0) is 50.3 Å². The zero-order chi connectivity index (χ0) is 13.1. The minimum absolute atomic E-state index is 0.599. The van der Waals surface area contributed by atoms with Crippen LogP contribution in [0.2, 0.25) is 0 Å². The molecule has 0 aliphatic rings. The lowest BCUT2D eigenvalue weighted by atomic mass is 10.2. The van der Waals surface area contributed by atoms with Gasteiger partial charge in [-0.1, -0.05) is 12.1 Å². The summed E-state index contributed by atoms with van der Waals surface area (Å²) >= 11 is 5.14. The SMILES string of the molecule is Brc1cc(CNc2cccc(-c3nn[nH]n3)c2)cs1. The lowest BCUT2D eigenvalue weighted by Crippen LogP contribution is -1.98. The van der Waals surface area contributed by atoms with E-state index in [2.05, 4.69) is 53.3 Å². The zero-order valence-electron chi connectivity index (χ0n) is 9.80. The van der Waals surface area contributed by atoms with Gasteiger partial charge in [0.25, 0.3) is 0 Å². The summed E-state index contributed by atoms with van der Waals surface area (Å²) in [5.74, 6) is 0.599. The molecule has 0 aliphatic heterocycles. The van der Waals surface area contributed by atoms with Crippen molar-refractivity contribution in [1.82, 2.24) is 20.6 Å². The Balaban J connectivity index is 1.73. The van der Waals surface area contributed by atoms with Gasteiger partial charge >= 0.3 is 0 Å². The number of nitrogens with one attached hydrogen (secondary N) is 2. The fraction of sp³-hybridized carbons (Fsp3) is 0.0833. The van der Waals surface area contributed by atoms with E-state index in [4.69, 9.17) is 0 Å². The number of hydrogen-bond acceptors (Lipinski definition) is 5. The second-order valence-electron chi connectivity index (χ2n) is 3.93. The molecule has 2 aromatic heterocycles. The first-order valence-corrected chi connectivity index (χ1v) is 7.29. The molecule has 0 bridgehead atoms. The molecule has 0 atom stereocenters. The standard InChI is InChI=1S/C12H10BrN5S/c13-11-4-8(7-19-11)6-14-10-3-1-2-9(5-10)12-15-17-18-16-12/h1-5,7,14H,6H2,(H,15,16,17,18). The van der Waals surface area contributed by atoms with E-state index < -0.39 is 0 Å². The molecule has 0 unspecified atom stereocenters. The molecule has 19 heavy (non-hydrogen) atoms. The first-order chi connectivity index (χ1) is 9.31. The Morgan fingerprint density at radius 3 is 3.00 bits per heavy atom. The Bertz CT molecular complexity index is 664. The van der Waals surface area contributed by atoms with Gasteiger partial charge in [-0.25, -0.2) is 0 Å². The van der Waals surface area contributed by atoms with Crippen molar-refractivity contribution in [3.63, 3.8) is 0 Å². The summed E-state index contributed by atoms with van der Waals surface area (Å²) in [7, 11) is 0. The summed E-state index contributed by atoms with van der Waals surface area (Å²) in [5.41, 5.74) is 3.22. The second kappa shape index (κ2) is 5.50. The van der Waals surface area contributed by atoms with Crippen LogP contribution in [0.5, 0.6) is 0 Å². The van der Waals surface area contributed by atoms with Gasteiger partial charge in [0.05, 0.1) is 3.79 Å². The topological polar surface area (TPSA) is 66.5 Å². The van der Waals surface area contributed by atoms with Gasteiger partial charge in [-0.2, -0.15) is 5.21 Å². The Morgan fingerprint density at radius 2 is 2.26 bits per heavy atom. The summed E-state index contributed by atoms with van der Waals surface area (Å²) in [6, 6.07) is 10.1. The fourth-order valence-corrected chi connectivity index (χ4v) is 2.90. The van der Waals surface area contributed by atoms with E-state index in [1.807, 2.05) is 24.3 Å². The van der Waals surface area contributed by atoms with Crippen LogP contribution < -0.4 is 5.32 Å². The average molecular weight is 336 g/mol. The maximum absolute atomic E-state index is 3.97. The highest BCUT2D eigenvalue weighted by molar-refractivity contribution is 9.11. The number of H-pyrrole nitrogens is 1. The van der Waals surface area contributed by atoms with Crippen molar-refractivity contribution in [1.29, 1.82) is 0 Å². The molecule has 0 aliphatic carbocycles. The molecule has 2 N–H and O–H groups in total. The number of aromatic nitrogens is 4. The third-order valence-corrected chi connectivity index (χ3v) is 4.14. The van der Waals surface area contributed by atoms with E-state index in [9.17, 15) is 0 Å². The van der Waals surface area contributed by atoms with Gasteiger partial charge < -0.3 is 5.32 Å². The molecule has 0 radical (unpaired) electrons. The van der Waals surface area contributed by atoms with Crippen LogP contribution in [-0.2, 0) is 6.54 Å². The molecule has 0 saturated heterocycles. The molecule has 1 aromatic carbocycles. The third-order valence-electron chi connectivity index (χ3n) is 2.58. The first kappa shape index (κ1) is 12.3. The molecule has 3 aromatic rings. The van der Waals surface area contributed by atoms with E-state index in [0.717, 1.165) is 21.6 Å². The lowest BCUT2D eigenvalue weighted by Gasteiger charge is -2.05. The minimum atomic E-state index is 0.599. The molecule has 3 rings (SSSR count). The van der Waals surface area contributed by atoms with Crippen LogP contribution in [0.4, 0.5) is 5.69 Å². The molecule has 0 amide bonds. The predicted molar refractivity (Wildman–Crippen MR) is 79.0 cm³/mol. The van der Waals surface area contributed by atoms with Gasteiger partial charge in [0.1, 0.15) is 0 Å². The Morgan fingerprint density at radius 1 is 1.32 bits per heavy atom. The molecule has 96 valence electrons. The largest absolute Gasteiger partial charge is 0.381 e. The summed E-state index contributed by atoms with van der Waals surface area (Å²) in [6.45, 7) is 0.789. The highest BCUT2D eigenvalue weighted by atomic mass is 79.9. The molecule has 5 nitrogen and oxygen atoms in total. The normalized spacial score (nSPS) is 10.6. The maximum Gasteiger partial charge on any atom is 0.204 e. The Kier molecular flexibility index (Phi) is 3.56. The quantitative estimate of drug-likeness (QED) is 0.767. The van der Waals surface area contributed by atoms with Crippen molar-refractivity contribution in [2.24, 2.45) is 0 Å². The van der Waals surface area contributed by atoms with Crippen molar-refractivity contribution in [3.8, 4) is 11.4 Å². The van der Waals surface area contributed by atoms with Crippen molar-refractivity contribution >= 4 is 33.0 Å². The van der Waals surface area contributed by atoms with E-state index in [1.165, 1.54) is 5.56 Å². The van der Waals surface area contributed by atoms with E-state index >= 15 is 0 Å². The number of halogens is 1. The number of anilines is 1. The number of thiophene rings is 1. The van der Waals surface area contributed by atoms with E-state index in [-0.39, 0.29) is 0 Å². The van der Waals surface area contributed by atoms with Crippen molar-refractivity contribution in [3.05, 3.63) is 45.1 Å². The van der Waals surface area contributed by atoms with Crippen LogP contribution in [-0.4, -0.2) is 20.6 Å². The van der Waals surface area contributed by atoms with Gasteiger partial charge in [0, 0.05) is 17.8 Å². The van der Waals surface area contributed by atoms with Gasteiger partial charge in [-0.3, -0.25) is 0 Å². The Labute approximate surface area is 122 Å². The average Bonchev–Trinajstić information content (AvgIpc) is 3.08. The van der Waals surface area contributed by atoms with Crippen LogP contribution in [0.1, 0.15) is 5.56 Å². The molecular formula is C12H10BrN5S. The molecule has 2 heterocycles. The van der Waals surface area contributed by atoms with Crippen LogP contribution in [0, 0.1) is 0 Å². The number of benzene rings is 1. The number of nitrogens with zero attached hydrogens (tertiary/aromatic N) is 3. The van der Waals surface area contributed by atoms with Crippen LogP contribution in [0.15, 0.2) is 39.5 Å². The minimum Gasteiger partial charge on any atom is -0.381 e. The molecule has 0 spiro atoms. The Hall–Kier alpha value is -1.73. The van der Waals surface area contributed by atoms with Crippen LogP contribution in [0.3, 0.4) is 0 Å². The fourth-order valence-electron chi connectivity index (χ4n) is 1.69. The van der Waals surface area contributed by atoms with Crippen LogP contribution in [0.25, 0.3) is 11.4 Å². The lowest BCUT2D eigenvalue weighted by molar-refractivity contribution is 0.881. The summed E-state index contributed by atoms with van der Waals surface area (Å²) < 4.78 is 1.14. The summed E-state index contributed by atoms with van der Waals surface area (Å²) in [5, 5.41) is 19.5. The van der Waals surface area contributed by atoms with Gasteiger partial charge in [0.2, 0.25) is 5.82 Å². The highest BCUT2D eigenvalue weighted by Gasteiger charge is 2.03. The molecular weight excluding hydrogens is 326 g/mol. The summed E-state index contributed by atoms with van der Waals surface area (Å²) in [6.07, 6.45) is 0. The van der Waals surface area contributed by atoms with Gasteiger partial charge in [0.15, 0.2) is 0 Å². The smallest absolute Gasteiger partial charge is 0.204 e. The second-order valence-corrected chi connectivity index (χ2v) is 6.22. The monoisotopic (exact) mass is 335 g/mol. The first-order valence-electron chi connectivity index (χ1n) is 5.62. The highest BCUT2D eigenvalue weighted by Crippen LogP contribution is 2.22. The number of rotatable bonds is 4. The molecule has 0 fully saturated rings. The van der Waals surface area contributed by atoms with E-state index in [1.54, 1.807) is 11.3 Å². The number of tetrazole rings is 1. The summed E-state index contributed by atoms with van der Waals surface area (Å²) in [4.78, 5) is 0. The third kappa shape index (κ3) is 2.99. The van der Waals surface area contributed by atoms with Crippen molar-refractivity contribution in [2.45, 2.75) is 6.54 Å².